The molecule has 1 aliphatic rings. The number of hydrogen-bond acceptors (Lipinski definition) is 1. The maximum atomic E-state index is 3.75. The highest BCUT2D eigenvalue weighted by Crippen LogP contribution is 2.30. The van der Waals surface area contributed by atoms with Crippen molar-refractivity contribution in [3.63, 3.8) is 0 Å². The van der Waals surface area contributed by atoms with Crippen LogP contribution in [0.5, 0.6) is 0 Å². The van der Waals surface area contributed by atoms with E-state index in [4.69, 9.17) is 0 Å². The van der Waals surface area contributed by atoms with Crippen molar-refractivity contribution in [3.05, 3.63) is 35.4 Å². The number of rotatable bonds is 4. The monoisotopic (exact) mass is 245 g/mol. The predicted octanol–water partition coefficient (Wildman–Crippen LogP) is 4.30. The lowest BCUT2D eigenvalue weighted by Crippen LogP contribution is -2.35. The molecule has 1 fully saturated rings. The fraction of sp³-hybridized carbons (Fsp3) is 0.647. The van der Waals surface area contributed by atoms with Crippen molar-refractivity contribution >= 4 is 0 Å². The van der Waals surface area contributed by atoms with Crippen molar-refractivity contribution in [1.29, 1.82) is 0 Å². The maximum Gasteiger partial charge on any atom is 0.0208 e. The zero-order chi connectivity index (χ0) is 13.0. The Morgan fingerprint density at radius 1 is 1.28 bits per heavy atom. The highest BCUT2D eigenvalue weighted by molar-refractivity contribution is 5.22. The summed E-state index contributed by atoms with van der Waals surface area (Å²) in [5, 5.41) is 3.75. The van der Waals surface area contributed by atoms with Crippen LogP contribution in [-0.2, 0) is 6.54 Å². The normalized spacial score (nSPS) is 24.4. The zero-order valence-corrected chi connectivity index (χ0v) is 12.1. The molecule has 0 bridgehead atoms. The van der Waals surface area contributed by atoms with Gasteiger partial charge in [-0.2, -0.15) is 0 Å². The van der Waals surface area contributed by atoms with Gasteiger partial charge in [0.05, 0.1) is 0 Å². The van der Waals surface area contributed by atoms with E-state index in [0.717, 1.165) is 24.4 Å². The minimum atomic E-state index is 0.728. The largest absolute Gasteiger partial charge is 0.310 e. The highest BCUT2D eigenvalue weighted by atomic mass is 14.9. The Labute approximate surface area is 112 Å². The Balaban J connectivity index is 1.83. The van der Waals surface area contributed by atoms with E-state index in [1.54, 1.807) is 0 Å². The molecule has 0 heterocycles. The van der Waals surface area contributed by atoms with Gasteiger partial charge in [-0.25, -0.2) is 0 Å². The van der Waals surface area contributed by atoms with Crippen molar-refractivity contribution in [2.45, 2.75) is 59.0 Å². The number of aryl methyl sites for hydroxylation is 1. The number of nitrogens with one attached hydrogen (secondary N) is 1. The van der Waals surface area contributed by atoms with Gasteiger partial charge >= 0.3 is 0 Å². The smallest absolute Gasteiger partial charge is 0.0208 e. The summed E-state index contributed by atoms with van der Waals surface area (Å²) in [7, 11) is 0. The quantitative estimate of drug-likeness (QED) is 0.834. The van der Waals surface area contributed by atoms with E-state index in [-0.39, 0.29) is 0 Å². The van der Waals surface area contributed by atoms with Crippen LogP contribution in [0.15, 0.2) is 24.3 Å². The zero-order valence-electron chi connectivity index (χ0n) is 12.1. The minimum Gasteiger partial charge on any atom is -0.310 e. The molecule has 0 amide bonds. The molecule has 1 aromatic rings. The second-order valence-electron chi connectivity index (χ2n) is 6.24. The van der Waals surface area contributed by atoms with Gasteiger partial charge < -0.3 is 5.32 Å². The molecule has 1 heteroatoms. The van der Waals surface area contributed by atoms with E-state index >= 15 is 0 Å². The predicted molar refractivity (Wildman–Crippen MR) is 78.6 cm³/mol. The third-order valence-electron chi connectivity index (χ3n) is 4.33. The molecule has 1 aliphatic carbocycles. The van der Waals surface area contributed by atoms with Gasteiger partial charge in [0, 0.05) is 12.6 Å². The second kappa shape index (κ2) is 6.38. The van der Waals surface area contributed by atoms with Gasteiger partial charge in [0.2, 0.25) is 0 Å². The molecule has 1 saturated carbocycles. The molecule has 0 aliphatic heterocycles. The first kappa shape index (κ1) is 13.6. The number of benzene rings is 1. The van der Waals surface area contributed by atoms with Crippen LogP contribution in [0.3, 0.4) is 0 Å². The van der Waals surface area contributed by atoms with Crippen LogP contribution in [0.1, 0.15) is 50.7 Å². The van der Waals surface area contributed by atoms with Gasteiger partial charge in [-0.15, -0.1) is 0 Å². The lowest BCUT2D eigenvalue weighted by atomic mass is 9.79. The lowest BCUT2D eigenvalue weighted by molar-refractivity contribution is 0.231. The molecule has 0 spiro atoms. The van der Waals surface area contributed by atoms with Gasteiger partial charge in [0.25, 0.3) is 0 Å². The van der Waals surface area contributed by atoms with Crippen molar-refractivity contribution in [3.8, 4) is 0 Å². The first-order valence-electron chi connectivity index (χ1n) is 7.44. The average molecular weight is 245 g/mol. The molecule has 0 saturated heterocycles. The number of hydrogen-bond donors (Lipinski definition) is 1. The van der Waals surface area contributed by atoms with Crippen molar-refractivity contribution in [2.75, 3.05) is 0 Å². The Morgan fingerprint density at radius 2 is 2.11 bits per heavy atom. The van der Waals surface area contributed by atoms with Gasteiger partial charge in [0.15, 0.2) is 0 Å². The molecule has 0 radical (unpaired) electrons. The summed E-state index contributed by atoms with van der Waals surface area (Å²) in [5.41, 5.74) is 2.78. The molecule has 18 heavy (non-hydrogen) atoms. The van der Waals surface area contributed by atoms with Crippen LogP contribution in [0, 0.1) is 18.8 Å². The Morgan fingerprint density at radius 3 is 2.83 bits per heavy atom. The summed E-state index contributed by atoms with van der Waals surface area (Å²) in [6, 6.07) is 9.56. The van der Waals surface area contributed by atoms with E-state index in [9.17, 15) is 0 Å². The van der Waals surface area contributed by atoms with Crippen LogP contribution < -0.4 is 5.32 Å². The molecule has 1 aromatic carbocycles. The molecule has 2 unspecified atom stereocenters. The van der Waals surface area contributed by atoms with Gasteiger partial charge in [-0.05, 0) is 37.2 Å². The third kappa shape index (κ3) is 3.84. The van der Waals surface area contributed by atoms with E-state index in [1.807, 2.05) is 0 Å². The van der Waals surface area contributed by atoms with Crippen LogP contribution in [0.25, 0.3) is 0 Å². The summed E-state index contributed by atoms with van der Waals surface area (Å²) in [4.78, 5) is 0. The minimum absolute atomic E-state index is 0.728. The van der Waals surface area contributed by atoms with Crippen molar-refractivity contribution < 1.29 is 0 Å². The lowest BCUT2D eigenvalue weighted by Gasteiger charge is -2.32. The van der Waals surface area contributed by atoms with Crippen molar-refractivity contribution in [2.24, 2.45) is 11.8 Å². The van der Waals surface area contributed by atoms with Gasteiger partial charge in [-0.3, -0.25) is 0 Å². The van der Waals surface area contributed by atoms with E-state index in [2.05, 4.69) is 50.4 Å². The molecular formula is C17H27N. The molecule has 1 nitrogen and oxygen atoms in total. The SMILES string of the molecule is Cc1cccc(CNC2CCCC(C(C)C)C2)c1. The fourth-order valence-corrected chi connectivity index (χ4v) is 3.10. The summed E-state index contributed by atoms with van der Waals surface area (Å²) < 4.78 is 0. The molecular weight excluding hydrogens is 218 g/mol. The first-order chi connectivity index (χ1) is 8.65. The summed E-state index contributed by atoms with van der Waals surface area (Å²) in [5.74, 6) is 1.77. The highest BCUT2D eigenvalue weighted by Gasteiger charge is 2.23. The molecule has 1 N–H and O–H groups in total. The Kier molecular flexibility index (Phi) is 4.82. The van der Waals surface area contributed by atoms with Crippen LogP contribution in [0.2, 0.25) is 0 Å². The molecule has 0 aromatic heterocycles. The molecule has 2 rings (SSSR count). The van der Waals surface area contributed by atoms with Crippen LogP contribution >= 0.6 is 0 Å². The van der Waals surface area contributed by atoms with Crippen LogP contribution in [-0.4, -0.2) is 6.04 Å². The van der Waals surface area contributed by atoms with Gasteiger partial charge in [0.1, 0.15) is 0 Å². The first-order valence-corrected chi connectivity index (χ1v) is 7.44. The topological polar surface area (TPSA) is 12.0 Å². The van der Waals surface area contributed by atoms with Crippen molar-refractivity contribution in [1.82, 2.24) is 5.32 Å². The molecule has 2 atom stereocenters. The van der Waals surface area contributed by atoms with Crippen LogP contribution in [0.4, 0.5) is 0 Å². The molecule has 100 valence electrons. The summed E-state index contributed by atoms with van der Waals surface area (Å²) in [6.07, 6.45) is 5.55. The second-order valence-corrected chi connectivity index (χ2v) is 6.24. The summed E-state index contributed by atoms with van der Waals surface area (Å²) in [6.45, 7) is 7.93. The Hall–Kier alpha value is -0.820. The van der Waals surface area contributed by atoms with E-state index in [1.165, 1.54) is 36.8 Å². The maximum absolute atomic E-state index is 3.75. The van der Waals surface area contributed by atoms with E-state index in [0.29, 0.717) is 0 Å². The fourth-order valence-electron chi connectivity index (χ4n) is 3.10. The van der Waals surface area contributed by atoms with E-state index < -0.39 is 0 Å². The standard InChI is InChI=1S/C17H27N/c1-13(2)16-8-5-9-17(11-16)18-12-15-7-4-6-14(3)10-15/h4,6-7,10,13,16-18H,5,8-9,11-12H2,1-3H3. The van der Waals surface area contributed by atoms with Gasteiger partial charge in [-0.1, -0.05) is 56.5 Å². The Bertz CT molecular complexity index is 370. The third-order valence-corrected chi connectivity index (χ3v) is 4.33. The summed E-state index contributed by atoms with van der Waals surface area (Å²) >= 11 is 0. The average Bonchev–Trinajstić information content (AvgIpc) is 2.37.